The topological polar surface area (TPSA) is 40.5 Å². The highest BCUT2D eigenvalue weighted by molar-refractivity contribution is 5.96. The average molecular weight is 289 g/mol. The molecule has 0 unspecified atom stereocenters. The zero-order valence-corrected chi connectivity index (χ0v) is 12.2. The Morgan fingerprint density at radius 2 is 2.14 bits per heavy atom. The van der Waals surface area contributed by atoms with Gasteiger partial charge in [0.25, 0.3) is 5.91 Å². The number of nitrogens with zero attached hydrogens (tertiary/aromatic N) is 1. The van der Waals surface area contributed by atoms with Crippen LogP contribution < -0.4 is 0 Å². The normalized spacial score (nSPS) is 15.5. The molecule has 0 saturated carbocycles. The summed E-state index contributed by atoms with van der Waals surface area (Å²) in [5.41, 5.74) is 0.749. The summed E-state index contributed by atoms with van der Waals surface area (Å²) >= 11 is 0. The lowest BCUT2D eigenvalue weighted by Gasteiger charge is -2.31. The van der Waals surface area contributed by atoms with Crippen LogP contribution in [0.15, 0.2) is 18.2 Å². The molecule has 0 aliphatic carbocycles. The van der Waals surface area contributed by atoms with Crippen molar-refractivity contribution in [1.29, 1.82) is 0 Å². The van der Waals surface area contributed by atoms with Crippen molar-refractivity contribution in [1.82, 2.24) is 4.90 Å². The van der Waals surface area contributed by atoms with E-state index in [9.17, 15) is 9.18 Å². The number of piperidine rings is 1. The number of hydrogen-bond donors (Lipinski definition) is 1. The molecule has 21 heavy (non-hydrogen) atoms. The maximum Gasteiger partial charge on any atom is 0.255 e. The molecule has 3 nitrogen and oxygen atoms in total. The molecule has 1 aliphatic rings. The van der Waals surface area contributed by atoms with Gasteiger partial charge in [-0.2, -0.15) is 0 Å². The van der Waals surface area contributed by atoms with Gasteiger partial charge in [0.05, 0.1) is 5.56 Å². The molecular weight excluding hydrogens is 269 g/mol. The Morgan fingerprint density at radius 1 is 1.43 bits per heavy atom. The number of hydrogen-bond acceptors (Lipinski definition) is 2. The van der Waals surface area contributed by atoms with Crippen LogP contribution in [0.4, 0.5) is 4.39 Å². The van der Waals surface area contributed by atoms with E-state index in [1.165, 1.54) is 18.2 Å². The van der Waals surface area contributed by atoms with E-state index >= 15 is 0 Å². The first-order valence-corrected chi connectivity index (χ1v) is 7.34. The van der Waals surface area contributed by atoms with Crippen molar-refractivity contribution < 1.29 is 14.3 Å². The first-order chi connectivity index (χ1) is 10.2. The molecule has 1 aromatic carbocycles. The number of carbonyl (C=O) groups is 1. The summed E-state index contributed by atoms with van der Waals surface area (Å²) in [5, 5.41) is 8.77. The predicted octanol–water partition coefficient (Wildman–Crippen LogP) is 2.43. The van der Waals surface area contributed by atoms with E-state index in [2.05, 4.69) is 18.8 Å². The number of amides is 1. The van der Waals surface area contributed by atoms with Crippen LogP contribution in [-0.4, -0.2) is 35.6 Å². The SMILES string of the molecule is CCC1CCN(C(=O)c2ccc(F)cc2C#CCO)CC1. The molecule has 1 heterocycles. The van der Waals surface area contributed by atoms with E-state index in [0.29, 0.717) is 17.0 Å². The third-order valence-electron chi connectivity index (χ3n) is 3.99. The van der Waals surface area contributed by atoms with E-state index in [0.717, 1.165) is 32.4 Å². The predicted molar refractivity (Wildman–Crippen MR) is 79.3 cm³/mol. The van der Waals surface area contributed by atoms with Crippen molar-refractivity contribution in [3.63, 3.8) is 0 Å². The quantitative estimate of drug-likeness (QED) is 0.850. The number of halogens is 1. The maximum atomic E-state index is 13.3. The first kappa shape index (κ1) is 15.5. The fourth-order valence-electron chi connectivity index (χ4n) is 2.66. The van der Waals surface area contributed by atoms with Crippen LogP contribution >= 0.6 is 0 Å². The Kier molecular flexibility index (Phi) is 5.35. The summed E-state index contributed by atoms with van der Waals surface area (Å²) in [4.78, 5) is 14.4. The molecule has 1 aromatic rings. The Hall–Kier alpha value is -1.86. The van der Waals surface area contributed by atoms with Gasteiger partial charge in [-0.1, -0.05) is 25.2 Å². The average Bonchev–Trinajstić information content (AvgIpc) is 2.52. The molecule has 1 saturated heterocycles. The Labute approximate surface area is 124 Å². The van der Waals surface area contributed by atoms with Crippen LogP contribution in [0, 0.1) is 23.6 Å². The molecular formula is C17H20FNO2. The van der Waals surface area contributed by atoms with Gasteiger partial charge in [0.15, 0.2) is 0 Å². The summed E-state index contributed by atoms with van der Waals surface area (Å²) in [6.07, 6.45) is 3.17. The Balaban J connectivity index is 2.19. The van der Waals surface area contributed by atoms with Crippen LogP contribution in [0.2, 0.25) is 0 Å². The Morgan fingerprint density at radius 3 is 2.76 bits per heavy atom. The largest absolute Gasteiger partial charge is 0.384 e. The van der Waals surface area contributed by atoms with Gasteiger partial charge in [0.2, 0.25) is 0 Å². The van der Waals surface area contributed by atoms with E-state index in [4.69, 9.17) is 5.11 Å². The minimum atomic E-state index is -0.432. The van der Waals surface area contributed by atoms with Gasteiger partial charge in [-0.05, 0) is 37.0 Å². The minimum absolute atomic E-state index is 0.105. The molecule has 1 amide bonds. The van der Waals surface area contributed by atoms with E-state index in [1.54, 1.807) is 0 Å². The van der Waals surface area contributed by atoms with E-state index in [-0.39, 0.29) is 12.5 Å². The summed E-state index contributed by atoms with van der Waals surface area (Å²) in [7, 11) is 0. The van der Waals surface area contributed by atoms with Gasteiger partial charge < -0.3 is 10.0 Å². The highest BCUT2D eigenvalue weighted by Crippen LogP contribution is 2.22. The second-order valence-electron chi connectivity index (χ2n) is 5.29. The van der Waals surface area contributed by atoms with Crippen LogP contribution in [0.1, 0.15) is 42.1 Å². The molecule has 0 aromatic heterocycles. The zero-order chi connectivity index (χ0) is 15.2. The van der Waals surface area contributed by atoms with Crippen LogP contribution in [0.25, 0.3) is 0 Å². The molecule has 0 bridgehead atoms. The fourth-order valence-corrected chi connectivity index (χ4v) is 2.66. The van der Waals surface area contributed by atoms with Crippen molar-refractivity contribution in [2.45, 2.75) is 26.2 Å². The van der Waals surface area contributed by atoms with E-state index in [1.807, 2.05) is 4.90 Å². The molecule has 0 radical (unpaired) electrons. The van der Waals surface area contributed by atoms with Gasteiger partial charge in [0, 0.05) is 18.7 Å². The lowest BCUT2D eigenvalue weighted by molar-refractivity contribution is 0.0688. The van der Waals surface area contributed by atoms with Gasteiger partial charge >= 0.3 is 0 Å². The van der Waals surface area contributed by atoms with Crippen molar-refractivity contribution in [2.75, 3.05) is 19.7 Å². The first-order valence-electron chi connectivity index (χ1n) is 7.34. The maximum absolute atomic E-state index is 13.3. The molecule has 2 rings (SSSR count). The number of likely N-dealkylation sites (tertiary alicyclic amines) is 1. The molecule has 112 valence electrons. The number of benzene rings is 1. The van der Waals surface area contributed by atoms with Gasteiger partial charge in [0.1, 0.15) is 12.4 Å². The van der Waals surface area contributed by atoms with Crippen molar-refractivity contribution in [3.8, 4) is 11.8 Å². The summed E-state index contributed by atoms with van der Waals surface area (Å²) in [6, 6.07) is 4.00. The number of carbonyl (C=O) groups excluding carboxylic acids is 1. The summed E-state index contributed by atoms with van der Waals surface area (Å²) in [5.74, 6) is 5.28. The second-order valence-corrected chi connectivity index (χ2v) is 5.29. The Bertz CT molecular complexity index is 566. The van der Waals surface area contributed by atoms with Crippen LogP contribution in [0.3, 0.4) is 0 Å². The highest BCUT2D eigenvalue weighted by atomic mass is 19.1. The molecule has 1 fully saturated rings. The van der Waals surface area contributed by atoms with Crippen LogP contribution in [0.5, 0.6) is 0 Å². The summed E-state index contributed by atoms with van der Waals surface area (Å²) in [6.45, 7) is 3.33. The standard InChI is InChI=1S/C17H20FNO2/c1-2-13-7-9-19(10-8-13)17(21)16-6-5-15(18)12-14(16)4-3-11-20/h5-6,12-13,20H,2,7-11H2,1H3. The van der Waals surface area contributed by atoms with Crippen molar-refractivity contribution in [3.05, 3.63) is 35.1 Å². The number of aliphatic hydroxyl groups excluding tert-OH is 1. The molecule has 1 aliphatic heterocycles. The fraction of sp³-hybridized carbons (Fsp3) is 0.471. The van der Waals surface area contributed by atoms with Crippen molar-refractivity contribution in [2.24, 2.45) is 5.92 Å². The molecule has 0 spiro atoms. The molecule has 4 heteroatoms. The van der Waals surface area contributed by atoms with Gasteiger partial charge in [-0.15, -0.1) is 0 Å². The number of rotatable bonds is 2. The third kappa shape index (κ3) is 3.83. The number of aliphatic hydroxyl groups is 1. The minimum Gasteiger partial charge on any atom is -0.384 e. The highest BCUT2D eigenvalue weighted by Gasteiger charge is 2.24. The molecule has 0 atom stereocenters. The van der Waals surface area contributed by atoms with Crippen LogP contribution in [-0.2, 0) is 0 Å². The molecule has 1 N–H and O–H groups in total. The second kappa shape index (κ2) is 7.24. The van der Waals surface area contributed by atoms with E-state index < -0.39 is 5.82 Å². The summed E-state index contributed by atoms with van der Waals surface area (Å²) < 4.78 is 13.3. The smallest absolute Gasteiger partial charge is 0.255 e. The lowest BCUT2D eigenvalue weighted by atomic mass is 9.94. The lowest BCUT2D eigenvalue weighted by Crippen LogP contribution is -2.38. The van der Waals surface area contributed by atoms with Crippen molar-refractivity contribution >= 4 is 5.91 Å². The van der Waals surface area contributed by atoms with Gasteiger partial charge in [-0.3, -0.25) is 4.79 Å². The van der Waals surface area contributed by atoms with Gasteiger partial charge in [-0.25, -0.2) is 4.39 Å². The monoisotopic (exact) mass is 289 g/mol. The zero-order valence-electron chi connectivity index (χ0n) is 12.2. The third-order valence-corrected chi connectivity index (χ3v) is 3.99.